The lowest BCUT2D eigenvalue weighted by Crippen LogP contribution is -2.18. The van der Waals surface area contributed by atoms with Crippen LogP contribution in [0.15, 0.2) is 47.3 Å². The molecular formula is C17H14N2O5. The van der Waals surface area contributed by atoms with Gasteiger partial charge in [-0.25, -0.2) is 9.78 Å². The number of aryl methyl sites for hydroxylation is 1. The fourth-order valence-electron chi connectivity index (χ4n) is 2.35. The largest absolute Gasteiger partial charge is 0.508 e. The number of nitrogens with zero attached hydrogens (tertiary/aromatic N) is 2. The molecule has 24 heavy (non-hydrogen) atoms. The molecule has 3 aromatic rings. The number of aromatic hydroxyl groups is 2. The van der Waals surface area contributed by atoms with Gasteiger partial charge in [0, 0.05) is 17.8 Å². The molecule has 0 aliphatic carbocycles. The van der Waals surface area contributed by atoms with Gasteiger partial charge in [0.2, 0.25) is 0 Å². The van der Waals surface area contributed by atoms with Crippen LogP contribution in [0.1, 0.15) is 21.7 Å². The molecule has 2 heterocycles. The summed E-state index contributed by atoms with van der Waals surface area (Å²) in [5.74, 6) is -1.33. The predicted octanol–water partition coefficient (Wildman–Crippen LogP) is 1.77. The third-order valence-corrected chi connectivity index (χ3v) is 3.49. The molecule has 0 aliphatic rings. The number of hydrogen-bond acceptors (Lipinski definition) is 6. The third-order valence-electron chi connectivity index (χ3n) is 3.49. The molecule has 0 radical (unpaired) electrons. The zero-order chi connectivity index (χ0) is 17.3. The van der Waals surface area contributed by atoms with Gasteiger partial charge in [0.15, 0.2) is 0 Å². The van der Waals surface area contributed by atoms with E-state index in [1.165, 1.54) is 22.6 Å². The molecule has 3 rings (SSSR count). The smallest absolute Gasteiger partial charge is 0.342 e. The van der Waals surface area contributed by atoms with Crippen LogP contribution in [-0.2, 0) is 11.3 Å². The minimum Gasteiger partial charge on any atom is -0.508 e. The highest BCUT2D eigenvalue weighted by Crippen LogP contribution is 2.23. The Kier molecular flexibility index (Phi) is 3.91. The van der Waals surface area contributed by atoms with Crippen molar-refractivity contribution in [3.63, 3.8) is 0 Å². The summed E-state index contributed by atoms with van der Waals surface area (Å²) < 4.78 is 6.53. The van der Waals surface area contributed by atoms with Gasteiger partial charge in [0.1, 0.15) is 29.3 Å². The zero-order valence-corrected chi connectivity index (χ0v) is 12.8. The summed E-state index contributed by atoms with van der Waals surface area (Å²) >= 11 is 0. The van der Waals surface area contributed by atoms with E-state index in [0.29, 0.717) is 11.3 Å². The lowest BCUT2D eigenvalue weighted by molar-refractivity contribution is 0.0464. The Hall–Kier alpha value is -3.35. The zero-order valence-electron chi connectivity index (χ0n) is 12.8. The van der Waals surface area contributed by atoms with Gasteiger partial charge in [-0.3, -0.25) is 9.20 Å². The number of esters is 1. The summed E-state index contributed by atoms with van der Waals surface area (Å²) in [6.07, 6.45) is 0. The number of phenolic OH excluding ortho intramolecular Hbond substituents is 2. The number of rotatable bonds is 3. The summed E-state index contributed by atoms with van der Waals surface area (Å²) in [5.41, 5.74) is 1.17. The molecule has 0 spiro atoms. The highest BCUT2D eigenvalue weighted by atomic mass is 16.5. The molecule has 0 unspecified atom stereocenters. The van der Waals surface area contributed by atoms with Gasteiger partial charge in [-0.2, -0.15) is 0 Å². The number of ether oxygens (including phenoxy) is 1. The molecule has 0 atom stereocenters. The van der Waals surface area contributed by atoms with E-state index >= 15 is 0 Å². The highest BCUT2D eigenvalue weighted by Gasteiger charge is 2.14. The van der Waals surface area contributed by atoms with Crippen molar-refractivity contribution in [1.29, 1.82) is 0 Å². The predicted molar refractivity (Wildman–Crippen MR) is 85.1 cm³/mol. The first-order valence-corrected chi connectivity index (χ1v) is 7.13. The monoisotopic (exact) mass is 326 g/mol. The SMILES string of the molecule is Cc1cccc2nc(COC(=O)c3ccc(O)cc3O)cc(=O)n12. The third kappa shape index (κ3) is 2.91. The van der Waals surface area contributed by atoms with Crippen molar-refractivity contribution in [2.24, 2.45) is 0 Å². The Morgan fingerprint density at radius 2 is 2.00 bits per heavy atom. The number of fused-ring (bicyclic) bond motifs is 1. The van der Waals surface area contributed by atoms with Crippen LogP contribution in [0.25, 0.3) is 5.65 Å². The van der Waals surface area contributed by atoms with E-state index in [4.69, 9.17) is 4.74 Å². The van der Waals surface area contributed by atoms with Crippen LogP contribution in [-0.4, -0.2) is 25.6 Å². The van der Waals surface area contributed by atoms with E-state index in [-0.39, 0.29) is 29.2 Å². The average molecular weight is 326 g/mol. The van der Waals surface area contributed by atoms with Gasteiger partial charge < -0.3 is 14.9 Å². The second-order valence-electron chi connectivity index (χ2n) is 5.22. The number of carbonyl (C=O) groups is 1. The van der Waals surface area contributed by atoms with Gasteiger partial charge >= 0.3 is 5.97 Å². The lowest BCUT2D eigenvalue weighted by Gasteiger charge is -2.08. The molecule has 0 bridgehead atoms. The molecule has 0 amide bonds. The van der Waals surface area contributed by atoms with E-state index in [1.807, 2.05) is 0 Å². The summed E-state index contributed by atoms with van der Waals surface area (Å²) in [5, 5.41) is 18.9. The summed E-state index contributed by atoms with van der Waals surface area (Å²) in [7, 11) is 0. The average Bonchev–Trinajstić information content (AvgIpc) is 2.52. The van der Waals surface area contributed by atoms with Gasteiger partial charge in [0.25, 0.3) is 5.56 Å². The van der Waals surface area contributed by atoms with Crippen molar-refractivity contribution < 1.29 is 19.7 Å². The van der Waals surface area contributed by atoms with E-state index in [9.17, 15) is 19.8 Å². The first kappa shape index (κ1) is 15.5. The Balaban J connectivity index is 1.83. The number of benzene rings is 1. The molecule has 7 nitrogen and oxygen atoms in total. The second kappa shape index (κ2) is 6.04. The van der Waals surface area contributed by atoms with E-state index in [2.05, 4.69) is 4.98 Å². The topological polar surface area (TPSA) is 101 Å². The van der Waals surface area contributed by atoms with Crippen LogP contribution in [0, 0.1) is 6.92 Å². The number of carbonyl (C=O) groups excluding carboxylic acids is 1. The Morgan fingerprint density at radius 3 is 2.75 bits per heavy atom. The van der Waals surface area contributed by atoms with Crippen LogP contribution in [0.3, 0.4) is 0 Å². The molecule has 2 N–H and O–H groups in total. The summed E-state index contributed by atoms with van der Waals surface area (Å²) in [6.45, 7) is 1.59. The van der Waals surface area contributed by atoms with E-state index in [0.717, 1.165) is 11.8 Å². The molecule has 2 aromatic heterocycles. The number of phenols is 2. The van der Waals surface area contributed by atoms with Gasteiger partial charge in [-0.15, -0.1) is 0 Å². The standard InChI is InChI=1S/C17H14N2O5/c1-10-3-2-4-15-18-11(7-16(22)19(10)15)9-24-17(23)13-6-5-12(20)8-14(13)21/h2-8,20-21H,9H2,1H3. The van der Waals surface area contributed by atoms with Gasteiger partial charge in [-0.1, -0.05) is 6.07 Å². The first-order valence-electron chi connectivity index (χ1n) is 7.13. The van der Waals surface area contributed by atoms with Crippen LogP contribution in [0.2, 0.25) is 0 Å². The fraction of sp³-hybridized carbons (Fsp3) is 0.118. The molecule has 1 aromatic carbocycles. The van der Waals surface area contributed by atoms with E-state index in [1.54, 1.807) is 25.1 Å². The van der Waals surface area contributed by atoms with Gasteiger partial charge in [0.05, 0.1) is 5.69 Å². The van der Waals surface area contributed by atoms with Crippen LogP contribution < -0.4 is 5.56 Å². The molecule has 0 fully saturated rings. The fourth-order valence-corrected chi connectivity index (χ4v) is 2.35. The minimum atomic E-state index is -0.779. The van der Waals surface area contributed by atoms with Crippen LogP contribution >= 0.6 is 0 Å². The quantitative estimate of drug-likeness (QED) is 0.711. The normalized spacial score (nSPS) is 10.7. The van der Waals surface area contributed by atoms with Crippen molar-refractivity contribution in [2.75, 3.05) is 0 Å². The van der Waals surface area contributed by atoms with Crippen molar-refractivity contribution in [3.05, 3.63) is 69.8 Å². The Bertz CT molecular complexity index is 994. The van der Waals surface area contributed by atoms with Crippen molar-refractivity contribution in [1.82, 2.24) is 9.38 Å². The number of pyridine rings is 1. The summed E-state index contributed by atoms with van der Waals surface area (Å²) in [4.78, 5) is 28.4. The maximum Gasteiger partial charge on any atom is 0.342 e. The maximum absolute atomic E-state index is 12.1. The van der Waals surface area contributed by atoms with Crippen molar-refractivity contribution in [2.45, 2.75) is 13.5 Å². The second-order valence-corrected chi connectivity index (χ2v) is 5.22. The molecular weight excluding hydrogens is 312 g/mol. The maximum atomic E-state index is 12.1. The lowest BCUT2D eigenvalue weighted by atomic mass is 10.2. The van der Waals surface area contributed by atoms with E-state index < -0.39 is 5.97 Å². The first-order chi connectivity index (χ1) is 11.5. The number of hydrogen-bond donors (Lipinski definition) is 2. The Morgan fingerprint density at radius 1 is 1.21 bits per heavy atom. The Labute approximate surface area is 136 Å². The molecule has 122 valence electrons. The molecule has 0 saturated carbocycles. The molecule has 7 heteroatoms. The summed E-state index contributed by atoms with van der Waals surface area (Å²) in [6, 6.07) is 10.1. The van der Waals surface area contributed by atoms with Crippen molar-refractivity contribution >= 4 is 11.6 Å². The van der Waals surface area contributed by atoms with Crippen LogP contribution in [0.5, 0.6) is 11.5 Å². The molecule has 0 aliphatic heterocycles. The number of aromatic nitrogens is 2. The molecule has 0 saturated heterocycles. The minimum absolute atomic E-state index is 0.0823. The van der Waals surface area contributed by atoms with Crippen LogP contribution in [0.4, 0.5) is 0 Å². The van der Waals surface area contributed by atoms with Gasteiger partial charge in [-0.05, 0) is 31.2 Å². The highest BCUT2D eigenvalue weighted by molar-refractivity contribution is 5.92. The van der Waals surface area contributed by atoms with Crippen molar-refractivity contribution in [3.8, 4) is 11.5 Å².